The van der Waals surface area contributed by atoms with Crippen LogP contribution in [-0.4, -0.2) is 18.7 Å². The van der Waals surface area contributed by atoms with Gasteiger partial charge < -0.3 is 14.2 Å². The van der Waals surface area contributed by atoms with E-state index in [1.807, 2.05) is 49.4 Å². The van der Waals surface area contributed by atoms with Gasteiger partial charge >= 0.3 is 5.97 Å². The van der Waals surface area contributed by atoms with Crippen molar-refractivity contribution in [1.82, 2.24) is 0 Å². The fourth-order valence-electron chi connectivity index (χ4n) is 2.08. The second-order valence-electron chi connectivity index (χ2n) is 5.40. The minimum atomic E-state index is -1.07. The second-order valence-corrected chi connectivity index (χ2v) is 5.40. The summed E-state index contributed by atoms with van der Waals surface area (Å²) < 4.78 is 16.6. The van der Waals surface area contributed by atoms with Crippen molar-refractivity contribution in [2.45, 2.75) is 32.5 Å². The van der Waals surface area contributed by atoms with Crippen LogP contribution in [0, 0.1) is 0 Å². The maximum absolute atomic E-state index is 12.5. The van der Waals surface area contributed by atoms with Crippen molar-refractivity contribution in [3.63, 3.8) is 0 Å². The number of benzene rings is 2. The summed E-state index contributed by atoms with van der Waals surface area (Å²) in [6.07, 6.45) is 0.485. The molecule has 0 spiro atoms. The molecule has 0 saturated heterocycles. The first kappa shape index (κ1) is 16.9. The lowest BCUT2D eigenvalue weighted by atomic mass is 10.0. The van der Waals surface area contributed by atoms with Gasteiger partial charge in [0.2, 0.25) is 5.60 Å². The van der Waals surface area contributed by atoms with Crippen molar-refractivity contribution in [3.05, 3.63) is 60.2 Å². The zero-order chi connectivity index (χ0) is 16.7. The third kappa shape index (κ3) is 4.25. The highest BCUT2D eigenvalue weighted by molar-refractivity contribution is 5.79. The molecule has 0 fully saturated rings. The van der Waals surface area contributed by atoms with Crippen LogP contribution >= 0.6 is 0 Å². The molecule has 0 saturated carbocycles. The molecule has 2 aromatic carbocycles. The summed E-state index contributed by atoms with van der Waals surface area (Å²) in [5.41, 5.74) is -0.125. The molecule has 0 amide bonds. The minimum Gasteiger partial charge on any atom is -0.493 e. The van der Waals surface area contributed by atoms with Crippen LogP contribution in [-0.2, 0) is 16.1 Å². The van der Waals surface area contributed by atoms with Gasteiger partial charge in [-0.2, -0.15) is 0 Å². The summed E-state index contributed by atoms with van der Waals surface area (Å²) in [6.45, 7) is 3.84. The summed E-state index contributed by atoms with van der Waals surface area (Å²) in [5, 5.41) is 0. The molecule has 23 heavy (non-hydrogen) atoms. The van der Waals surface area contributed by atoms with E-state index in [1.165, 1.54) is 0 Å². The zero-order valence-electron chi connectivity index (χ0n) is 13.7. The van der Waals surface area contributed by atoms with Crippen LogP contribution in [0.5, 0.6) is 11.5 Å². The molecule has 0 N–H and O–H groups in total. The smallest absolute Gasteiger partial charge is 0.350 e. The van der Waals surface area contributed by atoms with Gasteiger partial charge in [0.15, 0.2) is 11.5 Å². The molecule has 0 aromatic heterocycles. The van der Waals surface area contributed by atoms with Gasteiger partial charge in [0.05, 0.1) is 7.11 Å². The molecule has 2 aromatic rings. The standard InChI is InChI=1S/C19H22O4/c1-4-19(2,23-17-13-9-8-12-16(17)21-3)18(20)22-14-15-10-6-5-7-11-15/h5-13H,4,14H2,1-3H3/t19-/m1/s1. The minimum absolute atomic E-state index is 0.227. The Morgan fingerprint density at radius 2 is 1.61 bits per heavy atom. The Labute approximate surface area is 137 Å². The summed E-state index contributed by atoms with van der Waals surface area (Å²) in [7, 11) is 1.57. The number of esters is 1. The highest BCUT2D eigenvalue weighted by atomic mass is 16.6. The number of hydrogen-bond acceptors (Lipinski definition) is 4. The first-order valence-corrected chi connectivity index (χ1v) is 7.62. The lowest BCUT2D eigenvalue weighted by Crippen LogP contribution is -2.42. The highest BCUT2D eigenvalue weighted by Crippen LogP contribution is 2.31. The Morgan fingerprint density at radius 1 is 1.00 bits per heavy atom. The zero-order valence-corrected chi connectivity index (χ0v) is 13.7. The second kappa shape index (κ2) is 7.68. The quantitative estimate of drug-likeness (QED) is 0.725. The average molecular weight is 314 g/mol. The van der Waals surface area contributed by atoms with Crippen molar-refractivity contribution in [3.8, 4) is 11.5 Å². The van der Waals surface area contributed by atoms with Gasteiger partial charge in [-0.05, 0) is 31.0 Å². The molecule has 0 radical (unpaired) electrons. The van der Waals surface area contributed by atoms with E-state index >= 15 is 0 Å². The summed E-state index contributed by atoms with van der Waals surface area (Å²) >= 11 is 0. The molecular weight excluding hydrogens is 292 g/mol. The van der Waals surface area contributed by atoms with Gasteiger partial charge in [-0.15, -0.1) is 0 Å². The Bertz CT molecular complexity index is 639. The van der Waals surface area contributed by atoms with Crippen molar-refractivity contribution in [2.24, 2.45) is 0 Å². The molecule has 0 aliphatic carbocycles. The molecule has 4 heteroatoms. The van der Waals surface area contributed by atoms with E-state index in [1.54, 1.807) is 26.2 Å². The molecule has 0 aliphatic heterocycles. The van der Waals surface area contributed by atoms with E-state index in [0.717, 1.165) is 5.56 Å². The first-order chi connectivity index (χ1) is 11.1. The average Bonchev–Trinajstić information content (AvgIpc) is 2.60. The van der Waals surface area contributed by atoms with Crippen LogP contribution < -0.4 is 9.47 Å². The van der Waals surface area contributed by atoms with Crippen molar-refractivity contribution in [2.75, 3.05) is 7.11 Å². The van der Waals surface area contributed by atoms with Gasteiger partial charge in [0, 0.05) is 0 Å². The van der Waals surface area contributed by atoms with E-state index < -0.39 is 11.6 Å². The van der Waals surface area contributed by atoms with E-state index in [-0.39, 0.29) is 6.61 Å². The number of methoxy groups -OCH3 is 1. The van der Waals surface area contributed by atoms with Crippen LogP contribution in [0.1, 0.15) is 25.8 Å². The summed E-state index contributed by atoms with van der Waals surface area (Å²) in [5.74, 6) is 0.716. The van der Waals surface area contributed by atoms with Gasteiger partial charge in [0.25, 0.3) is 0 Å². The molecule has 0 bridgehead atoms. The third-order valence-corrected chi connectivity index (χ3v) is 3.72. The van der Waals surface area contributed by atoms with E-state index in [9.17, 15) is 4.79 Å². The molecule has 122 valence electrons. The van der Waals surface area contributed by atoms with Crippen LogP contribution in [0.3, 0.4) is 0 Å². The summed E-state index contributed by atoms with van der Waals surface area (Å²) in [6, 6.07) is 16.8. The first-order valence-electron chi connectivity index (χ1n) is 7.62. The highest BCUT2D eigenvalue weighted by Gasteiger charge is 2.36. The Morgan fingerprint density at radius 3 is 2.22 bits per heavy atom. The molecular formula is C19H22O4. The SMILES string of the molecule is CC[C@@](C)(Oc1ccccc1OC)C(=O)OCc1ccccc1. The van der Waals surface area contributed by atoms with E-state index in [0.29, 0.717) is 17.9 Å². The molecule has 0 heterocycles. The predicted molar refractivity (Wildman–Crippen MR) is 88.6 cm³/mol. The topological polar surface area (TPSA) is 44.8 Å². The summed E-state index contributed by atoms with van der Waals surface area (Å²) in [4.78, 5) is 12.5. The fraction of sp³-hybridized carbons (Fsp3) is 0.316. The number of rotatable bonds is 7. The molecule has 0 aliphatic rings. The largest absolute Gasteiger partial charge is 0.493 e. The van der Waals surface area contributed by atoms with Crippen LogP contribution in [0.15, 0.2) is 54.6 Å². The fourth-order valence-corrected chi connectivity index (χ4v) is 2.08. The van der Waals surface area contributed by atoms with E-state index in [4.69, 9.17) is 14.2 Å². The normalized spacial score (nSPS) is 13.0. The number of carbonyl (C=O) groups excluding carboxylic acids is 1. The van der Waals surface area contributed by atoms with E-state index in [2.05, 4.69) is 0 Å². The molecule has 4 nitrogen and oxygen atoms in total. The van der Waals surface area contributed by atoms with Crippen molar-refractivity contribution >= 4 is 5.97 Å². The van der Waals surface area contributed by atoms with Gasteiger partial charge in [-0.25, -0.2) is 4.79 Å². The Hall–Kier alpha value is -2.49. The van der Waals surface area contributed by atoms with Crippen LogP contribution in [0.25, 0.3) is 0 Å². The third-order valence-electron chi connectivity index (χ3n) is 3.72. The maximum atomic E-state index is 12.5. The number of para-hydroxylation sites is 2. The molecule has 2 rings (SSSR count). The maximum Gasteiger partial charge on any atom is 0.350 e. The monoisotopic (exact) mass is 314 g/mol. The number of hydrogen-bond donors (Lipinski definition) is 0. The Kier molecular flexibility index (Phi) is 5.63. The van der Waals surface area contributed by atoms with Gasteiger partial charge in [0.1, 0.15) is 6.61 Å². The van der Waals surface area contributed by atoms with Gasteiger partial charge in [-0.1, -0.05) is 49.4 Å². The van der Waals surface area contributed by atoms with Crippen LogP contribution in [0.4, 0.5) is 0 Å². The van der Waals surface area contributed by atoms with Crippen LogP contribution in [0.2, 0.25) is 0 Å². The van der Waals surface area contributed by atoms with Gasteiger partial charge in [-0.3, -0.25) is 0 Å². The predicted octanol–water partition coefficient (Wildman–Crippen LogP) is 3.99. The van der Waals surface area contributed by atoms with Crippen molar-refractivity contribution < 1.29 is 19.0 Å². The lowest BCUT2D eigenvalue weighted by molar-refractivity contribution is -0.162. The van der Waals surface area contributed by atoms with Crippen molar-refractivity contribution in [1.29, 1.82) is 0 Å². The molecule has 1 atom stereocenters. The number of carbonyl (C=O) groups is 1. The molecule has 0 unspecified atom stereocenters. The lowest BCUT2D eigenvalue weighted by Gasteiger charge is -2.28. The number of ether oxygens (including phenoxy) is 3. The Balaban J connectivity index is 2.08.